The van der Waals surface area contributed by atoms with Crippen LogP contribution in [0.25, 0.3) is 0 Å². The van der Waals surface area contributed by atoms with Gasteiger partial charge < -0.3 is 11.5 Å². The van der Waals surface area contributed by atoms with Crippen LogP contribution in [0.5, 0.6) is 0 Å². The first kappa shape index (κ1) is 10.6. The van der Waals surface area contributed by atoms with Gasteiger partial charge in [-0.1, -0.05) is 23.8 Å². The highest BCUT2D eigenvalue weighted by Gasteiger charge is 1.97. The molecule has 0 saturated carbocycles. The van der Waals surface area contributed by atoms with Crippen molar-refractivity contribution in [2.24, 2.45) is 16.5 Å². The zero-order valence-electron chi connectivity index (χ0n) is 8.75. The second kappa shape index (κ2) is 4.65. The Kier molecular flexibility index (Phi) is 3.51. The fraction of sp³-hybridized carbons (Fsp3) is 0.364. The van der Waals surface area contributed by atoms with E-state index in [1.54, 1.807) is 0 Å². The molecule has 1 aromatic carbocycles. The molecule has 0 spiro atoms. The lowest BCUT2D eigenvalue weighted by atomic mass is 10.0. The van der Waals surface area contributed by atoms with Crippen LogP contribution in [0.2, 0.25) is 0 Å². The fourth-order valence-corrected chi connectivity index (χ4v) is 1.38. The molecule has 0 aliphatic rings. The molecule has 1 rings (SSSR count). The lowest BCUT2D eigenvalue weighted by Crippen LogP contribution is -2.23. The minimum absolute atomic E-state index is 0.162. The molecule has 14 heavy (non-hydrogen) atoms. The Morgan fingerprint density at radius 1 is 1.29 bits per heavy atom. The summed E-state index contributed by atoms with van der Waals surface area (Å²) in [5.41, 5.74) is 14.4. The zero-order chi connectivity index (χ0) is 10.6. The fourth-order valence-electron chi connectivity index (χ4n) is 1.38. The molecule has 0 fully saturated rings. The molecule has 76 valence electrons. The molecule has 0 aliphatic carbocycles. The lowest BCUT2D eigenvalue weighted by Gasteiger charge is -2.05. The van der Waals surface area contributed by atoms with Gasteiger partial charge in [0.2, 0.25) is 0 Å². The van der Waals surface area contributed by atoms with E-state index >= 15 is 0 Å². The van der Waals surface area contributed by atoms with Gasteiger partial charge in [0.05, 0.1) is 0 Å². The van der Waals surface area contributed by atoms with E-state index < -0.39 is 0 Å². The Bertz CT molecular complexity index is 338. The Balaban J connectivity index is 2.67. The Labute approximate surface area is 84.8 Å². The number of aliphatic imine (C=N–C) groups is 1. The maximum absolute atomic E-state index is 5.25. The first-order chi connectivity index (χ1) is 6.59. The topological polar surface area (TPSA) is 64.4 Å². The number of nitrogens with two attached hydrogens (primary N) is 2. The van der Waals surface area contributed by atoms with E-state index in [9.17, 15) is 0 Å². The SMILES string of the molecule is Cc1ccc(C)c(CCN=C(N)N)c1. The number of nitrogens with zero attached hydrogens (tertiary/aromatic N) is 1. The van der Waals surface area contributed by atoms with Crippen LogP contribution in [-0.4, -0.2) is 12.5 Å². The monoisotopic (exact) mass is 191 g/mol. The van der Waals surface area contributed by atoms with Gasteiger partial charge in [0, 0.05) is 6.54 Å². The van der Waals surface area contributed by atoms with Crippen LogP contribution in [0.3, 0.4) is 0 Å². The van der Waals surface area contributed by atoms with Crippen molar-refractivity contribution in [3.63, 3.8) is 0 Å². The van der Waals surface area contributed by atoms with Gasteiger partial charge in [0.15, 0.2) is 5.96 Å². The lowest BCUT2D eigenvalue weighted by molar-refractivity contribution is 0.950. The predicted octanol–water partition coefficient (Wildman–Crippen LogP) is 1.12. The summed E-state index contributed by atoms with van der Waals surface area (Å²) in [7, 11) is 0. The number of guanidine groups is 1. The van der Waals surface area contributed by atoms with Gasteiger partial charge in [-0.05, 0) is 31.4 Å². The summed E-state index contributed by atoms with van der Waals surface area (Å²) >= 11 is 0. The average molecular weight is 191 g/mol. The largest absolute Gasteiger partial charge is 0.370 e. The van der Waals surface area contributed by atoms with Crippen molar-refractivity contribution >= 4 is 5.96 Å². The second-order valence-electron chi connectivity index (χ2n) is 3.49. The third-order valence-corrected chi connectivity index (χ3v) is 2.18. The summed E-state index contributed by atoms with van der Waals surface area (Å²) in [5.74, 6) is 0.162. The minimum Gasteiger partial charge on any atom is -0.370 e. The number of hydrogen-bond donors (Lipinski definition) is 2. The van der Waals surface area contributed by atoms with E-state index in [1.165, 1.54) is 16.7 Å². The maximum atomic E-state index is 5.25. The van der Waals surface area contributed by atoms with Gasteiger partial charge in [0.25, 0.3) is 0 Å². The van der Waals surface area contributed by atoms with Crippen molar-refractivity contribution in [3.8, 4) is 0 Å². The molecule has 0 amide bonds. The highest BCUT2D eigenvalue weighted by molar-refractivity contribution is 5.75. The standard InChI is InChI=1S/C11H17N3/c1-8-3-4-9(2)10(7-8)5-6-14-11(12)13/h3-4,7H,5-6H2,1-2H3,(H4,12,13,14). The molecule has 0 aromatic heterocycles. The van der Waals surface area contributed by atoms with Crippen molar-refractivity contribution < 1.29 is 0 Å². The highest BCUT2D eigenvalue weighted by Crippen LogP contribution is 2.11. The minimum atomic E-state index is 0.162. The normalized spacial score (nSPS) is 9.86. The van der Waals surface area contributed by atoms with Gasteiger partial charge in [-0.2, -0.15) is 0 Å². The molecule has 0 heterocycles. The molecule has 0 saturated heterocycles. The number of rotatable bonds is 3. The maximum Gasteiger partial charge on any atom is 0.185 e. The van der Waals surface area contributed by atoms with E-state index in [1.807, 2.05) is 0 Å². The number of aryl methyl sites for hydroxylation is 2. The van der Waals surface area contributed by atoms with Crippen LogP contribution >= 0.6 is 0 Å². The van der Waals surface area contributed by atoms with Crippen LogP contribution in [0.4, 0.5) is 0 Å². The summed E-state index contributed by atoms with van der Waals surface area (Å²) in [4.78, 5) is 3.96. The van der Waals surface area contributed by atoms with E-state index in [2.05, 4.69) is 37.0 Å². The molecule has 3 nitrogen and oxygen atoms in total. The Morgan fingerprint density at radius 2 is 2.00 bits per heavy atom. The van der Waals surface area contributed by atoms with Gasteiger partial charge in [0.1, 0.15) is 0 Å². The van der Waals surface area contributed by atoms with Gasteiger partial charge in [-0.3, -0.25) is 4.99 Å². The average Bonchev–Trinajstić information content (AvgIpc) is 2.10. The molecule has 0 radical (unpaired) electrons. The third-order valence-electron chi connectivity index (χ3n) is 2.18. The molecule has 0 unspecified atom stereocenters. The summed E-state index contributed by atoms with van der Waals surface area (Å²) in [6, 6.07) is 6.41. The number of benzene rings is 1. The van der Waals surface area contributed by atoms with Crippen molar-refractivity contribution in [2.45, 2.75) is 20.3 Å². The predicted molar refractivity (Wildman–Crippen MR) is 60.3 cm³/mol. The van der Waals surface area contributed by atoms with Crippen molar-refractivity contribution in [1.82, 2.24) is 0 Å². The van der Waals surface area contributed by atoms with Gasteiger partial charge >= 0.3 is 0 Å². The van der Waals surface area contributed by atoms with Crippen LogP contribution in [0, 0.1) is 13.8 Å². The first-order valence-electron chi connectivity index (χ1n) is 4.71. The smallest absolute Gasteiger partial charge is 0.185 e. The molecular weight excluding hydrogens is 174 g/mol. The van der Waals surface area contributed by atoms with Gasteiger partial charge in [-0.25, -0.2) is 0 Å². The van der Waals surface area contributed by atoms with E-state index in [-0.39, 0.29) is 5.96 Å². The van der Waals surface area contributed by atoms with E-state index in [0.29, 0.717) is 6.54 Å². The first-order valence-corrected chi connectivity index (χ1v) is 4.71. The summed E-state index contributed by atoms with van der Waals surface area (Å²) in [6.07, 6.45) is 0.894. The zero-order valence-corrected chi connectivity index (χ0v) is 8.75. The van der Waals surface area contributed by atoms with E-state index in [4.69, 9.17) is 11.5 Å². The molecule has 0 bridgehead atoms. The van der Waals surface area contributed by atoms with E-state index in [0.717, 1.165) is 6.42 Å². The Morgan fingerprint density at radius 3 is 2.64 bits per heavy atom. The van der Waals surface area contributed by atoms with Crippen LogP contribution in [-0.2, 0) is 6.42 Å². The molecular formula is C11H17N3. The molecule has 1 aromatic rings. The summed E-state index contributed by atoms with van der Waals surface area (Å²) < 4.78 is 0. The molecule has 4 N–H and O–H groups in total. The molecule has 3 heteroatoms. The van der Waals surface area contributed by atoms with Crippen LogP contribution in [0.1, 0.15) is 16.7 Å². The van der Waals surface area contributed by atoms with Crippen LogP contribution in [0.15, 0.2) is 23.2 Å². The highest BCUT2D eigenvalue weighted by atomic mass is 15.0. The number of hydrogen-bond acceptors (Lipinski definition) is 1. The van der Waals surface area contributed by atoms with Crippen molar-refractivity contribution in [3.05, 3.63) is 34.9 Å². The second-order valence-corrected chi connectivity index (χ2v) is 3.49. The van der Waals surface area contributed by atoms with Crippen molar-refractivity contribution in [2.75, 3.05) is 6.54 Å². The Hall–Kier alpha value is -1.51. The summed E-state index contributed by atoms with van der Waals surface area (Å²) in [6.45, 7) is 4.85. The molecule has 0 atom stereocenters. The third kappa shape index (κ3) is 3.09. The van der Waals surface area contributed by atoms with Gasteiger partial charge in [-0.15, -0.1) is 0 Å². The molecule has 0 aliphatic heterocycles. The van der Waals surface area contributed by atoms with Crippen molar-refractivity contribution in [1.29, 1.82) is 0 Å². The quantitative estimate of drug-likeness (QED) is 0.555. The summed E-state index contributed by atoms with van der Waals surface area (Å²) in [5, 5.41) is 0. The van der Waals surface area contributed by atoms with Crippen LogP contribution < -0.4 is 11.5 Å².